The number of fused-ring (bicyclic) bond motifs is 1. The highest BCUT2D eigenvalue weighted by molar-refractivity contribution is 8.00. The van der Waals surface area contributed by atoms with E-state index in [1.54, 1.807) is 17.8 Å². The van der Waals surface area contributed by atoms with Crippen molar-refractivity contribution < 1.29 is 13.6 Å². The van der Waals surface area contributed by atoms with Crippen molar-refractivity contribution in [1.82, 2.24) is 19.6 Å². The van der Waals surface area contributed by atoms with Crippen LogP contribution < -0.4 is 5.32 Å². The number of benzene rings is 1. The Morgan fingerprint density at radius 3 is 2.85 bits per heavy atom. The van der Waals surface area contributed by atoms with Crippen LogP contribution in [-0.2, 0) is 11.8 Å². The van der Waals surface area contributed by atoms with E-state index in [0.29, 0.717) is 11.5 Å². The van der Waals surface area contributed by atoms with Crippen LogP contribution in [0.25, 0.3) is 5.69 Å². The fraction of sp³-hybridized carbons (Fsp3) is 0.235. The third-order valence-electron chi connectivity index (χ3n) is 4.17. The number of aryl methyl sites for hydroxylation is 2. The summed E-state index contributed by atoms with van der Waals surface area (Å²) in [6.45, 7) is 1.80. The minimum Gasteiger partial charge on any atom is -0.310 e. The SMILES string of the molecule is Cc1nn(-c2ccc(F)cc2F)c2c1[C@@H](c1cnn(C)c1)SCC(=O)N2. The standard InChI is InChI=1S/C17H15F2N5OS/c1-9-15-16(10-6-20-23(2)7-10)26-8-14(25)21-17(15)24(22-9)13-4-3-11(18)5-12(13)19/h3-7,16H,8H2,1-2H3,(H,21,25)/t16-/m1/s1. The number of amides is 1. The van der Waals surface area contributed by atoms with Gasteiger partial charge in [0.15, 0.2) is 5.82 Å². The van der Waals surface area contributed by atoms with Gasteiger partial charge in [-0.15, -0.1) is 11.8 Å². The molecule has 2 aromatic heterocycles. The molecule has 1 aromatic carbocycles. The van der Waals surface area contributed by atoms with Crippen LogP contribution in [0.3, 0.4) is 0 Å². The predicted molar refractivity (Wildman–Crippen MR) is 94.4 cm³/mol. The molecule has 0 saturated heterocycles. The average Bonchev–Trinajstić information content (AvgIpc) is 3.08. The number of hydrogen-bond donors (Lipinski definition) is 1. The molecule has 1 atom stereocenters. The molecular formula is C17H15F2N5OS. The monoisotopic (exact) mass is 375 g/mol. The largest absolute Gasteiger partial charge is 0.310 e. The number of carbonyl (C=O) groups is 1. The normalized spacial score (nSPS) is 16.9. The quantitative estimate of drug-likeness (QED) is 0.748. The molecule has 3 aromatic rings. The number of nitrogens with zero attached hydrogens (tertiary/aromatic N) is 4. The summed E-state index contributed by atoms with van der Waals surface area (Å²) in [5, 5.41) is 11.3. The summed E-state index contributed by atoms with van der Waals surface area (Å²) in [5.74, 6) is -0.976. The van der Waals surface area contributed by atoms with E-state index in [1.165, 1.54) is 22.5 Å². The second-order valence-electron chi connectivity index (χ2n) is 6.04. The van der Waals surface area contributed by atoms with Crippen molar-refractivity contribution in [3.63, 3.8) is 0 Å². The fourth-order valence-electron chi connectivity index (χ4n) is 3.05. The lowest BCUT2D eigenvalue weighted by Crippen LogP contribution is -2.16. The molecule has 1 aliphatic heterocycles. The molecule has 3 heterocycles. The van der Waals surface area contributed by atoms with Gasteiger partial charge in [0, 0.05) is 30.4 Å². The van der Waals surface area contributed by atoms with Crippen LogP contribution >= 0.6 is 11.8 Å². The van der Waals surface area contributed by atoms with Gasteiger partial charge in [0.05, 0.1) is 22.9 Å². The molecule has 0 unspecified atom stereocenters. The Balaban J connectivity index is 1.91. The lowest BCUT2D eigenvalue weighted by Gasteiger charge is -2.13. The number of hydrogen-bond acceptors (Lipinski definition) is 4. The number of halogens is 2. The van der Waals surface area contributed by atoms with Gasteiger partial charge in [-0.2, -0.15) is 10.2 Å². The van der Waals surface area contributed by atoms with Crippen molar-refractivity contribution in [1.29, 1.82) is 0 Å². The van der Waals surface area contributed by atoms with Gasteiger partial charge in [-0.05, 0) is 19.1 Å². The minimum atomic E-state index is -0.751. The first-order valence-electron chi connectivity index (χ1n) is 7.89. The van der Waals surface area contributed by atoms with Crippen molar-refractivity contribution >= 4 is 23.5 Å². The molecule has 0 saturated carbocycles. The first-order chi connectivity index (χ1) is 12.4. The van der Waals surface area contributed by atoms with Gasteiger partial charge in [-0.25, -0.2) is 13.5 Å². The van der Waals surface area contributed by atoms with Gasteiger partial charge in [0.1, 0.15) is 17.3 Å². The maximum atomic E-state index is 14.3. The van der Waals surface area contributed by atoms with Crippen molar-refractivity contribution in [2.75, 3.05) is 11.1 Å². The third-order valence-corrected chi connectivity index (χ3v) is 5.44. The Labute approximate surface area is 152 Å². The fourth-order valence-corrected chi connectivity index (χ4v) is 4.20. The zero-order valence-corrected chi connectivity index (χ0v) is 14.8. The van der Waals surface area contributed by atoms with Crippen LogP contribution in [0, 0.1) is 18.6 Å². The summed E-state index contributed by atoms with van der Waals surface area (Å²) in [6, 6.07) is 3.26. The van der Waals surface area contributed by atoms with Crippen LogP contribution in [0.2, 0.25) is 0 Å². The number of thioether (sulfide) groups is 1. The number of carbonyl (C=O) groups excluding carboxylic acids is 1. The average molecular weight is 375 g/mol. The molecule has 0 aliphatic carbocycles. The summed E-state index contributed by atoms with van der Waals surface area (Å²) in [7, 11) is 1.82. The highest BCUT2D eigenvalue weighted by Gasteiger charge is 2.31. The van der Waals surface area contributed by atoms with Gasteiger partial charge < -0.3 is 5.32 Å². The molecule has 0 bridgehead atoms. The maximum absolute atomic E-state index is 14.3. The zero-order valence-electron chi connectivity index (χ0n) is 14.0. The van der Waals surface area contributed by atoms with Gasteiger partial charge in [-0.3, -0.25) is 9.48 Å². The van der Waals surface area contributed by atoms with Gasteiger partial charge in [-0.1, -0.05) is 0 Å². The van der Waals surface area contributed by atoms with Crippen LogP contribution in [0.5, 0.6) is 0 Å². The van der Waals surface area contributed by atoms with Crippen molar-refractivity contribution in [2.45, 2.75) is 12.2 Å². The zero-order chi connectivity index (χ0) is 18.4. The summed E-state index contributed by atoms with van der Waals surface area (Å²) >= 11 is 1.46. The minimum absolute atomic E-state index is 0.0767. The lowest BCUT2D eigenvalue weighted by atomic mass is 10.1. The smallest absolute Gasteiger partial charge is 0.235 e. The molecule has 0 radical (unpaired) electrons. The Morgan fingerprint density at radius 1 is 1.35 bits per heavy atom. The van der Waals surface area contributed by atoms with Gasteiger partial charge in [0.25, 0.3) is 0 Å². The molecule has 134 valence electrons. The van der Waals surface area contributed by atoms with Crippen LogP contribution in [0.4, 0.5) is 14.6 Å². The van der Waals surface area contributed by atoms with Crippen molar-refractivity contribution in [3.8, 4) is 5.69 Å². The Bertz CT molecular complexity index is 1010. The van der Waals surface area contributed by atoms with E-state index in [0.717, 1.165) is 23.3 Å². The van der Waals surface area contributed by atoms with E-state index < -0.39 is 11.6 Å². The number of aromatic nitrogens is 4. The summed E-state index contributed by atoms with van der Waals surface area (Å²) in [4.78, 5) is 12.2. The Kier molecular flexibility index (Phi) is 4.03. The van der Waals surface area contributed by atoms with Crippen molar-refractivity contribution in [2.24, 2.45) is 7.05 Å². The van der Waals surface area contributed by atoms with E-state index >= 15 is 0 Å². The second kappa shape index (κ2) is 6.24. The molecule has 9 heteroatoms. The summed E-state index contributed by atoms with van der Waals surface area (Å²) in [5.41, 5.74) is 2.45. The van der Waals surface area contributed by atoms with Crippen LogP contribution in [0.1, 0.15) is 22.1 Å². The van der Waals surface area contributed by atoms with Gasteiger partial charge in [0.2, 0.25) is 5.91 Å². The van der Waals surface area contributed by atoms with Crippen LogP contribution in [-0.4, -0.2) is 31.2 Å². The summed E-state index contributed by atoms with van der Waals surface area (Å²) in [6.07, 6.45) is 3.62. The molecule has 4 rings (SSSR count). The molecule has 1 N–H and O–H groups in total. The maximum Gasteiger partial charge on any atom is 0.235 e. The van der Waals surface area contributed by atoms with E-state index in [1.807, 2.05) is 13.2 Å². The molecule has 0 fully saturated rings. The number of nitrogens with one attached hydrogen (secondary N) is 1. The highest BCUT2D eigenvalue weighted by Crippen LogP contribution is 2.43. The van der Waals surface area contributed by atoms with E-state index in [-0.39, 0.29) is 22.6 Å². The molecule has 0 spiro atoms. The first kappa shape index (κ1) is 16.8. The predicted octanol–water partition coefficient (Wildman–Crippen LogP) is 2.97. The molecule has 1 amide bonds. The van der Waals surface area contributed by atoms with Crippen LogP contribution in [0.15, 0.2) is 30.6 Å². The second-order valence-corrected chi connectivity index (χ2v) is 7.14. The van der Waals surface area contributed by atoms with Crippen molar-refractivity contribution in [3.05, 3.63) is 59.0 Å². The molecule has 6 nitrogen and oxygen atoms in total. The molecular weight excluding hydrogens is 360 g/mol. The van der Waals surface area contributed by atoms with E-state index in [2.05, 4.69) is 15.5 Å². The number of rotatable bonds is 2. The molecule has 1 aliphatic rings. The Hall–Kier alpha value is -2.68. The van der Waals surface area contributed by atoms with Gasteiger partial charge >= 0.3 is 0 Å². The number of anilines is 1. The lowest BCUT2D eigenvalue weighted by molar-refractivity contribution is -0.113. The molecule has 26 heavy (non-hydrogen) atoms. The first-order valence-corrected chi connectivity index (χ1v) is 8.94. The third kappa shape index (κ3) is 2.78. The highest BCUT2D eigenvalue weighted by atomic mass is 32.2. The summed E-state index contributed by atoms with van der Waals surface area (Å²) < 4.78 is 30.6. The topological polar surface area (TPSA) is 64.7 Å². The van der Waals surface area contributed by atoms with E-state index in [9.17, 15) is 13.6 Å². The van der Waals surface area contributed by atoms with E-state index in [4.69, 9.17) is 0 Å². The Morgan fingerprint density at radius 2 is 2.15 bits per heavy atom.